The summed E-state index contributed by atoms with van der Waals surface area (Å²) in [6, 6.07) is 18.5. The summed E-state index contributed by atoms with van der Waals surface area (Å²) < 4.78 is 11.6. The van der Waals surface area contributed by atoms with Crippen molar-refractivity contribution in [3.63, 3.8) is 0 Å². The zero-order valence-corrected chi connectivity index (χ0v) is 18.6. The van der Waals surface area contributed by atoms with Gasteiger partial charge < -0.3 is 9.47 Å². The van der Waals surface area contributed by atoms with Gasteiger partial charge in [0.15, 0.2) is 11.5 Å². The van der Waals surface area contributed by atoms with Crippen LogP contribution in [-0.4, -0.2) is 11.5 Å². The van der Waals surface area contributed by atoms with Crippen LogP contribution in [-0.2, 0) is 6.61 Å². The van der Waals surface area contributed by atoms with Crippen LogP contribution in [0.2, 0.25) is 10.0 Å². The van der Waals surface area contributed by atoms with Gasteiger partial charge in [0.25, 0.3) is 5.69 Å². The van der Waals surface area contributed by atoms with Crippen LogP contribution in [0.25, 0.3) is 11.6 Å². The molecule has 0 fully saturated rings. The van der Waals surface area contributed by atoms with E-state index in [1.807, 2.05) is 6.92 Å². The van der Waals surface area contributed by atoms with Gasteiger partial charge >= 0.3 is 0 Å². The fourth-order valence-electron chi connectivity index (χ4n) is 2.93. The topological polar surface area (TPSA) is 85.4 Å². The van der Waals surface area contributed by atoms with Crippen molar-refractivity contribution in [1.29, 1.82) is 5.26 Å². The lowest BCUT2D eigenvalue weighted by Gasteiger charge is -2.14. The van der Waals surface area contributed by atoms with E-state index < -0.39 is 4.92 Å². The van der Waals surface area contributed by atoms with Crippen LogP contribution in [0, 0.1) is 21.4 Å². The van der Waals surface area contributed by atoms with Crippen molar-refractivity contribution in [2.75, 3.05) is 6.61 Å². The summed E-state index contributed by atoms with van der Waals surface area (Å²) in [5.41, 5.74) is 2.28. The van der Waals surface area contributed by atoms with Gasteiger partial charge in [-0.3, -0.25) is 10.1 Å². The molecule has 8 heteroatoms. The van der Waals surface area contributed by atoms with E-state index in [-0.39, 0.29) is 12.3 Å². The average Bonchev–Trinajstić information content (AvgIpc) is 2.78. The molecule has 0 bridgehead atoms. The van der Waals surface area contributed by atoms with Crippen molar-refractivity contribution in [2.45, 2.75) is 13.5 Å². The third-order valence-electron chi connectivity index (χ3n) is 4.52. The molecule has 0 unspecified atom stereocenters. The molecule has 0 atom stereocenters. The van der Waals surface area contributed by atoms with Crippen molar-refractivity contribution in [2.24, 2.45) is 0 Å². The number of halogens is 2. The molecule has 0 aliphatic rings. The molecular weight excluding hydrogens is 451 g/mol. The molecule has 0 saturated carbocycles. The molecule has 0 aliphatic carbocycles. The van der Waals surface area contributed by atoms with Crippen molar-refractivity contribution in [3.05, 3.63) is 97.5 Å². The molecule has 0 N–H and O–H groups in total. The van der Waals surface area contributed by atoms with Crippen LogP contribution in [0.15, 0.2) is 60.7 Å². The lowest BCUT2D eigenvalue weighted by molar-refractivity contribution is -0.384. The number of nitro benzene ring substituents is 1. The minimum absolute atomic E-state index is 0.0372. The molecule has 0 radical (unpaired) electrons. The Labute approximate surface area is 195 Å². The van der Waals surface area contributed by atoms with Gasteiger partial charge in [-0.1, -0.05) is 35.3 Å². The molecule has 0 aliphatic heterocycles. The largest absolute Gasteiger partial charge is 0.490 e. The first kappa shape index (κ1) is 23.1. The molecule has 3 aromatic rings. The van der Waals surface area contributed by atoms with Crippen LogP contribution in [0.1, 0.15) is 23.6 Å². The predicted octanol–water partition coefficient (Wildman–Crippen LogP) is 6.94. The molecule has 0 spiro atoms. The summed E-state index contributed by atoms with van der Waals surface area (Å²) in [6.45, 7) is 2.44. The number of non-ortho nitro benzene ring substituents is 1. The van der Waals surface area contributed by atoms with Crippen molar-refractivity contribution >= 4 is 40.5 Å². The second-order valence-corrected chi connectivity index (χ2v) is 7.42. The lowest BCUT2D eigenvalue weighted by atomic mass is 10.0. The van der Waals surface area contributed by atoms with Gasteiger partial charge in [-0.2, -0.15) is 5.26 Å². The van der Waals surface area contributed by atoms with E-state index in [2.05, 4.69) is 6.07 Å². The van der Waals surface area contributed by atoms with Gasteiger partial charge in [-0.15, -0.1) is 0 Å². The summed E-state index contributed by atoms with van der Waals surface area (Å²) in [5.74, 6) is 1.01. The van der Waals surface area contributed by atoms with Crippen molar-refractivity contribution in [3.8, 4) is 17.6 Å². The van der Waals surface area contributed by atoms with E-state index in [9.17, 15) is 15.4 Å². The lowest BCUT2D eigenvalue weighted by Crippen LogP contribution is -2.01. The number of rotatable bonds is 8. The maximum atomic E-state index is 10.8. The molecular formula is C24H18Cl2N2O4. The molecule has 0 amide bonds. The highest BCUT2D eigenvalue weighted by Crippen LogP contribution is 2.33. The zero-order valence-electron chi connectivity index (χ0n) is 17.0. The first-order valence-electron chi connectivity index (χ1n) is 9.62. The molecule has 3 rings (SSSR count). The second-order valence-electron chi connectivity index (χ2n) is 6.60. The van der Waals surface area contributed by atoms with Gasteiger partial charge in [0.05, 0.1) is 23.2 Å². The molecule has 32 heavy (non-hydrogen) atoms. The SMILES string of the molecule is CCOc1cc(C=C(C#N)c2ccc([N+](=O)[O-])cc2)ccc1OCc1c(Cl)cccc1Cl. The fraction of sp³-hybridized carbons (Fsp3) is 0.125. The predicted molar refractivity (Wildman–Crippen MR) is 125 cm³/mol. The number of hydrogen-bond acceptors (Lipinski definition) is 5. The van der Waals surface area contributed by atoms with Gasteiger partial charge in [-0.05, 0) is 60.5 Å². The summed E-state index contributed by atoms with van der Waals surface area (Å²) >= 11 is 12.4. The Hall–Kier alpha value is -3.53. The number of hydrogen-bond donors (Lipinski definition) is 0. The summed E-state index contributed by atoms with van der Waals surface area (Å²) in [7, 11) is 0. The van der Waals surface area contributed by atoms with Gasteiger partial charge in [-0.25, -0.2) is 0 Å². The highest BCUT2D eigenvalue weighted by Gasteiger charge is 2.11. The third kappa shape index (κ3) is 5.58. The van der Waals surface area contributed by atoms with Gasteiger partial charge in [0, 0.05) is 27.7 Å². The summed E-state index contributed by atoms with van der Waals surface area (Å²) in [4.78, 5) is 10.4. The van der Waals surface area contributed by atoms with Crippen LogP contribution >= 0.6 is 23.2 Å². The van der Waals surface area contributed by atoms with E-state index >= 15 is 0 Å². The number of nitro groups is 1. The zero-order chi connectivity index (χ0) is 23.1. The van der Waals surface area contributed by atoms with Gasteiger partial charge in [0.2, 0.25) is 0 Å². The first-order chi connectivity index (χ1) is 15.4. The Kier molecular flexibility index (Phi) is 7.72. The van der Waals surface area contributed by atoms with E-state index in [1.54, 1.807) is 54.6 Å². The second kappa shape index (κ2) is 10.7. The molecule has 0 aromatic heterocycles. The molecule has 162 valence electrons. The Balaban J connectivity index is 1.87. The maximum Gasteiger partial charge on any atom is 0.269 e. The highest BCUT2D eigenvalue weighted by atomic mass is 35.5. The number of allylic oxidation sites excluding steroid dienone is 1. The summed E-state index contributed by atoms with van der Waals surface area (Å²) in [5, 5.41) is 21.4. The Morgan fingerprint density at radius 2 is 1.75 bits per heavy atom. The monoisotopic (exact) mass is 468 g/mol. The number of benzene rings is 3. The van der Waals surface area contributed by atoms with Crippen molar-refractivity contribution in [1.82, 2.24) is 0 Å². The Morgan fingerprint density at radius 3 is 2.34 bits per heavy atom. The van der Waals surface area contributed by atoms with E-state index in [0.717, 1.165) is 0 Å². The van der Waals surface area contributed by atoms with Crippen LogP contribution in [0.5, 0.6) is 11.5 Å². The first-order valence-corrected chi connectivity index (χ1v) is 10.4. The minimum Gasteiger partial charge on any atom is -0.490 e. The summed E-state index contributed by atoms with van der Waals surface area (Å²) in [6.07, 6.45) is 1.68. The quantitative estimate of drug-likeness (QED) is 0.154. The van der Waals surface area contributed by atoms with Crippen molar-refractivity contribution < 1.29 is 14.4 Å². The molecule has 0 saturated heterocycles. The molecule has 3 aromatic carbocycles. The Morgan fingerprint density at radius 1 is 1.06 bits per heavy atom. The van der Waals surface area contributed by atoms with E-state index in [4.69, 9.17) is 32.7 Å². The number of nitriles is 1. The standard InChI is InChI=1S/C24H18Cl2N2O4/c1-2-31-24-13-16(12-18(14-27)17-7-9-19(10-8-17)28(29)30)6-11-23(24)32-15-20-21(25)4-3-5-22(20)26/h3-13H,2,15H2,1H3. The van der Waals surface area contributed by atoms with Gasteiger partial charge in [0.1, 0.15) is 6.61 Å². The van der Waals surface area contributed by atoms with E-state index in [0.29, 0.717) is 50.4 Å². The maximum absolute atomic E-state index is 10.8. The highest BCUT2D eigenvalue weighted by molar-refractivity contribution is 6.35. The normalized spacial score (nSPS) is 11.0. The van der Waals surface area contributed by atoms with Crippen LogP contribution in [0.4, 0.5) is 5.69 Å². The van der Waals surface area contributed by atoms with Crippen LogP contribution in [0.3, 0.4) is 0 Å². The van der Waals surface area contributed by atoms with E-state index in [1.165, 1.54) is 12.1 Å². The average molecular weight is 469 g/mol. The number of ether oxygens (including phenoxy) is 2. The third-order valence-corrected chi connectivity index (χ3v) is 5.23. The molecule has 0 heterocycles. The van der Waals surface area contributed by atoms with Crippen LogP contribution < -0.4 is 9.47 Å². The smallest absolute Gasteiger partial charge is 0.269 e. The molecule has 6 nitrogen and oxygen atoms in total. The number of nitrogens with zero attached hydrogens (tertiary/aromatic N) is 2. The minimum atomic E-state index is -0.484. The Bertz CT molecular complexity index is 1180. The fourth-order valence-corrected chi connectivity index (χ4v) is 3.44.